The van der Waals surface area contributed by atoms with Crippen molar-refractivity contribution in [2.45, 2.75) is 25.7 Å². The Morgan fingerprint density at radius 3 is 2.39 bits per heavy atom. The smallest absolute Gasteiger partial charge is 0.254 e. The second kappa shape index (κ2) is 6.86. The van der Waals surface area contributed by atoms with Crippen molar-refractivity contribution in [3.05, 3.63) is 65.2 Å². The van der Waals surface area contributed by atoms with Crippen molar-refractivity contribution in [1.82, 2.24) is 4.90 Å². The number of ether oxygens (including phenoxy) is 1. The Balaban J connectivity index is 1.69. The number of aryl methyl sites for hydroxylation is 1. The van der Waals surface area contributed by atoms with E-state index in [0.29, 0.717) is 5.92 Å². The number of benzene rings is 2. The number of nitrogens with zero attached hydrogens (tertiary/aromatic N) is 1. The molecular weight excluding hydrogens is 286 g/mol. The van der Waals surface area contributed by atoms with Crippen LogP contribution in [0.4, 0.5) is 0 Å². The average molecular weight is 309 g/mol. The largest absolute Gasteiger partial charge is 0.496 e. The van der Waals surface area contributed by atoms with Gasteiger partial charge in [-0.05, 0) is 48.9 Å². The molecule has 2 aromatic carbocycles. The van der Waals surface area contributed by atoms with Crippen LogP contribution in [0.3, 0.4) is 0 Å². The lowest BCUT2D eigenvalue weighted by Crippen LogP contribution is -2.38. The molecule has 1 aliphatic heterocycles. The topological polar surface area (TPSA) is 29.5 Å². The van der Waals surface area contributed by atoms with Crippen LogP contribution in [0, 0.1) is 6.92 Å². The van der Waals surface area contributed by atoms with E-state index in [0.717, 1.165) is 42.8 Å². The van der Waals surface area contributed by atoms with Gasteiger partial charge in [0, 0.05) is 18.7 Å². The molecule has 3 heteroatoms. The summed E-state index contributed by atoms with van der Waals surface area (Å²) < 4.78 is 5.48. The lowest BCUT2D eigenvalue weighted by molar-refractivity contribution is 0.0712. The summed E-state index contributed by atoms with van der Waals surface area (Å²) in [4.78, 5) is 14.7. The van der Waals surface area contributed by atoms with Crippen molar-refractivity contribution in [3.8, 4) is 5.75 Å². The highest BCUT2D eigenvalue weighted by atomic mass is 16.5. The van der Waals surface area contributed by atoms with Crippen LogP contribution in [-0.2, 0) is 0 Å². The van der Waals surface area contributed by atoms with E-state index < -0.39 is 0 Å². The first-order valence-corrected chi connectivity index (χ1v) is 8.18. The summed E-state index contributed by atoms with van der Waals surface area (Å²) in [5, 5.41) is 0. The van der Waals surface area contributed by atoms with Crippen LogP contribution in [0.5, 0.6) is 5.75 Å². The molecule has 0 aliphatic carbocycles. The molecule has 1 heterocycles. The monoisotopic (exact) mass is 309 g/mol. The number of likely N-dealkylation sites (tertiary alicyclic amines) is 1. The van der Waals surface area contributed by atoms with E-state index in [-0.39, 0.29) is 5.91 Å². The number of methoxy groups -OCH3 is 1. The summed E-state index contributed by atoms with van der Waals surface area (Å²) in [6, 6.07) is 16.0. The first-order valence-electron chi connectivity index (χ1n) is 8.18. The predicted molar refractivity (Wildman–Crippen MR) is 92.1 cm³/mol. The Kier molecular flexibility index (Phi) is 4.65. The zero-order valence-electron chi connectivity index (χ0n) is 13.8. The molecule has 3 nitrogen and oxygen atoms in total. The highest BCUT2D eigenvalue weighted by Gasteiger charge is 2.26. The minimum Gasteiger partial charge on any atom is -0.496 e. The number of para-hydroxylation sites is 1. The maximum absolute atomic E-state index is 12.7. The van der Waals surface area contributed by atoms with Crippen LogP contribution in [0.2, 0.25) is 0 Å². The van der Waals surface area contributed by atoms with Gasteiger partial charge in [-0.2, -0.15) is 0 Å². The number of amides is 1. The van der Waals surface area contributed by atoms with Crippen LogP contribution in [0.1, 0.15) is 40.2 Å². The highest BCUT2D eigenvalue weighted by Crippen LogP contribution is 2.34. The van der Waals surface area contributed by atoms with Crippen LogP contribution >= 0.6 is 0 Å². The maximum atomic E-state index is 12.7. The van der Waals surface area contributed by atoms with Gasteiger partial charge in [0.05, 0.1) is 7.11 Å². The molecule has 0 atom stereocenters. The summed E-state index contributed by atoms with van der Waals surface area (Å²) >= 11 is 0. The van der Waals surface area contributed by atoms with Crippen molar-refractivity contribution < 1.29 is 9.53 Å². The van der Waals surface area contributed by atoms with Crippen molar-refractivity contribution in [1.29, 1.82) is 0 Å². The van der Waals surface area contributed by atoms with Gasteiger partial charge in [0.1, 0.15) is 5.75 Å². The van der Waals surface area contributed by atoms with E-state index in [9.17, 15) is 4.79 Å². The Bertz CT molecular complexity index is 688. The van der Waals surface area contributed by atoms with E-state index in [1.807, 2.05) is 48.2 Å². The lowest BCUT2D eigenvalue weighted by Gasteiger charge is -2.33. The number of rotatable bonds is 3. The lowest BCUT2D eigenvalue weighted by atomic mass is 9.88. The van der Waals surface area contributed by atoms with Crippen LogP contribution in [0.15, 0.2) is 48.5 Å². The number of piperidine rings is 1. The second-order valence-electron chi connectivity index (χ2n) is 6.12. The first-order chi connectivity index (χ1) is 11.2. The van der Waals surface area contributed by atoms with Crippen molar-refractivity contribution in [3.63, 3.8) is 0 Å². The molecule has 3 rings (SSSR count). The molecule has 23 heavy (non-hydrogen) atoms. The fourth-order valence-electron chi connectivity index (χ4n) is 3.38. The predicted octanol–water partition coefficient (Wildman–Crippen LogP) is 4.02. The fourth-order valence-corrected chi connectivity index (χ4v) is 3.38. The molecule has 0 aromatic heterocycles. The van der Waals surface area contributed by atoms with Crippen LogP contribution in [-0.4, -0.2) is 31.0 Å². The number of carbonyl (C=O) groups is 1. The van der Waals surface area contributed by atoms with Crippen LogP contribution < -0.4 is 4.74 Å². The molecular formula is C20H23NO2. The molecule has 1 aliphatic rings. The molecule has 0 N–H and O–H groups in total. The summed E-state index contributed by atoms with van der Waals surface area (Å²) in [5.41, 5.74) is 3.13. The molecule has 2 aromatic rings. The van der Waals surface area contributed by atoms with E-state index in [4.69, 9.17) is 4.74 Å². The highest BCUT2D eigenvalue weighted by molar-refractivity contribution is 5.95. The number of carbonyl (C=O) groups excluding carboxylic acids is 1. The third kappa shape index (κ3) is 3.24. The van der Waals surface area contributed by atoms with Gasteiger partial charge in [-0.15, -0.1) is 0 Å². The average Bonchev–Trinajstić information content (AvgIpc) is 2.61. The molecule has 1 fully saturated rings. The van der Waals surface area contributed by atoms with Crippen molar-refractivity contribution in [2.24, 2.45) is 0 Å². The molecule has 0 spiro atoms. The Morgan fingerprint density at radius 1 is 1.04 bits per heavy atom. The Morgan fingerprint density at radius 2 is 1.70 bits per heavy atom. The summed E-state index contributed by atoms with van der Waals surface area (Å²) in [6.07, 6.45) is 1.97. The van der Waals surface area contributed by atoms with Gasteiger partial charge in [-0.1, -0.05) is 36.4 Å². The molecule has 0 unspecified atom stereocenters. The summed E-state index contributed by atoms with van der Waals surface area (Å²) in [6.45, 7) is 3.60. The second-order valence-corrected chi connectivity index (χ2v) is 6.12. The Hall–Kier alpha value is -2.29. The molecule has 0 radical (unpaired) electrons. The molecule has 0 saturated carbocycles. The molecule has 120 valence electrons. The third-order valence-corrected chi connectivity index (χ3v) is 4.74. The number of hydrogen-bond acceptors (Lipinski definition) is 2. The van der Waals surface area contributed by atoms with E-state index in [1.54, 1.807) is 7.11 Å². The molecule has 1 saturated heterocycles. The molecule has 1 amide bonds. The molecule has 0 bridgehead atoms. The van der Waals surface area contributed by atoms with Gasteiger partial charge in [0.25, 0.3) is 5.91 Å². The van der Waals surface area contributed by atoms with Gasteiger partial charge < -0.3 is 9.64 Å². The van der Waals surface area contributed by atoms with E-state index in [2.05, 4.69) is 12.1 Å². The fraction of sp³-hybridized carbons (Fsp3) is 0.350. The first kappa shape index (κ1) is 15.6. The van der Waals surface area contributed by atoms with Gasteiger partial charge in [0.2, 0.25) is 0 Å². The maximum Gasteiger partial charge on any atom is 0.254 e. The standard InChI is InChI=1S/C20H23NO2/c1-15-7-3-4-8-17(15)20(22)21-13-11-16(12-14-21)18-9-5-6-10-19(18)23-2/h3-10,16H,11-14H2,1-2H3. The summed E-state index contributed by atoms with van der Waals surface area (Å²) in [5.74, 6) is 1.57. The quantitative estimate of drug-likeness (QED) is 0.857. The third-order valence-electron chi connectivity index (χ3n) is 4.74. The SMILES string of the molecule is COc1ccccc1C1CCN(C(=O)c2ccccc2C)CC1. The number of hydrogen-bond donors (Lipinski definition) is 0. The van der Waals surface area contributed by atoms with Crippen LogP contribution in [0.25, 0.3) is 0 Å². The zero-order chi connectivity index (χ0) is 16.2. The van der Waals surface area contributed by atoms with E-state index in [1.165, 1.54) is 5.56 Å². The van der Waals surface area contributed by atoms with Gasteiger partial charge in [-0.25, -0.2) is 0 Å². The van der Waals surface area contributed by atoms with Crippen molar-refractivity contribution in [2.75, 3.05) is 20.2 Å². The zero-order valence-corrected chi connectivity index (χ0v) is 13.8. The Labute approximate surface area is 137 Å². The normalized spacial score (nSPS) is 15.5. The van der Waals surface area contributed by atoms with Gasteiger partial charge >= 0.3 is 0 Å². The summed E-state index contributed by atoms with van der Waals surface area (Å²) in [7, 11) is 1.72. The van der Waals surface area contributed by atoms with Gasteiger partial charge in [-0.3, -0.25) is 4.79 Å². The minimum atomic E-state index is 0.154. The van der Waals surface area contributed by atoms with Gasteiger partial charge in [0.15, 0.2) is 0 Å². The minimum absolute atomic E-state index is 0.154. The van der Waals surface area contributed by atoms with E-state index >= 15 is 0 Å². The van der Waals surface area contributed by atoms with Crippen molar-refractivity contribution >= 4 is 5.91 Å².